The van der Waals surface area contributed by atoms with E-state index in [0.717, 1.165) is 153 Å². The molecule has 4 heterocycles. The molecule has 16 aliphatic rings. The minimum Gasteiger partial charge on any atom is -0.309 e. The molecule has 8 aromatic carbocycles. The third kappa shape index (κ3) is 22.0. The van der Waals surface area contributed by atoms with Crippen LogP contribution in [0.25, 0.3) is 45.0 Å². The summed E-state index contributed by atoms with van der Waals surface area (Å²) in [6.07, 6.45) is 38.7. The van der Waals surface area contributed by atoms with Gasteiger partial charge >= 0.3 is 0 Å². The quantitative estimate of drug-likeness (QED) is 0.0203. The summed E-state index contributed by atoms with van der Waals surface area (Å²) in [6.45, 7) is 0. The van der Waals surface area contributed by atoms with Crippen LogP contribution in [0.1, 0.15) is 204 Å². The number of carbonyl (C=O) groups is 4. The van der Waals surface area contributed by atoms with E-state index in [0.29, 0.717) is 87.5 Å². The van der Waals surface area contributed by atoms with Crippen molar-refractivity contribution in [2.75, 3.05) is 21.3 Å². The second-order valence-electron chi connectivity index (χ2n) is 44.0. The first-order valence-electron chi connectivity index (χ1n) is 50.3. The molecule has 4 aromatic heterocycles. The number of aromatic nitrogens is 8. The summed E-state index contributed by atoms with van der Waals surface area (Å²) >= 11 is 2.26. The maximum absolute atomic E-state index is 14.2. The molecule has 738 valence electrons. The van der Waals surface area contributed by atoms with Crippen molar-refractivity contribution in [3.63, 3.8) is 0 Å². The van der Waals surface area contributed by atoms with Crippen LogP contribution in [0.2, 0.25) is 0 Å². The summed E-state index contributed by atoms with van der Waals surface area (Å²) in [7, 11) is 0. The average molecular weight is 2060 g/mol. The van der Waals surface area contributed by atoms with Crippen molar-refractivity contribution in [2.45, 2.75) is 199 Å². The molecular formula is C115H110F11IN12O4. The Bertz CT molecular complexity index is 6630. The van der Waals surface area contributed by atoms with E-state index in [4.69, 9.17) is 19.9 Å². The van der Waals surface area contributed by atoms with Crippen LogP contribution in [0.15, 0.2) is 195 Å². The van der Waals surface area contributed by atoms with Gasteiger partial charge in [-0.2, -0.15) is 0 Å². The Morgan fingerprint density at radius 1 is 0.287 bits per heavy atom. The number of amides is 4. The Kier molecular flexibility index (Phi) is 27.5. The highest BCUT2D eigenvalue weighted by atomic mass is 127. The smallest absolute Gasteiger partial charge is 0.256 e. The monoisotopic (exact) mass is 2060 g/mol. The number of nitrogens with one attached hydrogen (secondary N) is 4. The lowest BCUT2D eigenvalue weighted by atomic mass is 9.48. The second kappa shape index (κ2) is 40.5. The highest BCUT2D eigenvalue weighted by Gasteiger charge is 2.56. The lowest BCUT2D eigenvalue weighted by molar-refractivity contribution is -0.116. The van der Waals surface area contributed by atoms with Crippen molar-refractivity contribution in [3.8, 4) is 45.0 Å². The Hall–Kier alpha value is -12.1. The molecule has 16 fully saturated rings. The molecule has 4 amide bonds. The molecule has 0 radical (unpaired) electrons. The summed E-state index contributed by atoms with van der Waals surface area (Å²) < 4.78 is 151. The number of benzene rings is 8. The minimum atomic E-state index is -2.28. The predicted molar refractivity (Wildman–Crippen MR) is 530 cm³/mol. The van der Waals surface area contributed by atoms with Gasteiger partial charge in [0.1, 0.15) is 23.3 Å². The van der Waals surface area contributed by atoms with Gasteiger partial charge in [0, 0.05) is 37.0 Å². The molecule has 12 aromatic rings. The van der Waals surface area contributed by atoms with Crippen LogP contribution < -0.4 is 21.3 Å². The fourth-order valence-electron chi connectivity index (χ4n) is 29.0. The number of rotatable bonds is 23. The fourth-order valence-corrected chi connectivity index (χ4v) is 29.4. The molecule has 28 rings (SSSR count). The van der Waals surface area contributed by atoms with Crippen LogP contribution in [0.5, 0.6) is 0 Å². The summed E-state index contributed by atoms with van der Waals surface area (Å²) in [6, 6.07) is 45.3. The van der Waals surface area contributed by atoms with E-state index < -0.39 is 64.4 Å². The van der Waals surface area contributed by atoms with Gasteiger partial charge in [0.25, 0.3) is 5.91 Å². The maximum atomic E-state index is 14.2. The minimum absolute atomic E-state index is 0.00818. The largest absolute Gasteiger partial charge is 0.309 e. The van der Waals surface area contributed by atoms with Crippen molar-refractivity contribution in [1.29, 1.82) is 0 Å². The van der Waals surface area contributed by atoms with E-state index in [1.165, 1.54) is 196 Å². The summed E-state index contributed by atoms with van der Waals surface area (Å²) in [5, 5.41) is 11.5. The van der Waals surface area contributed by atoms with Crippen LogP contribution >= 0.6 is 22.6 Å². The van der Waals surface area contributed by atoms with Gasteiger partial charge in [-0.15, -0.1) is 0 Å². The standard InChI is InChI=1S/C29H25F6N3O.C29H28F3N3O.C29H29FIN3O.C28H28FN3O/c30-18-3-1-17(2-4-18)21-13-36-28(38-22(39)8-19-23(31)25(33)27(35)26(34)24(19)32)20(37-21)12-29-9-14-5-15(10-29)7-16(6-14)11-29;30-22-4-2-21(3-5-22)26-16-33-28(35-27(36)11-17-1-6-23(31)24(32)10-17)25(34-26)15-29-12-18-7-19(13-29)9-20(8-18)14-29;30-23-5-3-22(4-6-23)26-17-32-28(34-27(35)12-18-1-7-24(31)8-2-18)25(33-26)16-29-13-19-9-20(14-29)11-21(10-19)15-29;29-23-8-6-21(7-9-23)25-17-30-26(32-27(33)22-4-2-1-3-5-22)24(31-25)16-28-13-18-10-19(14-28)12-20(11-18)15-28/h1-4,13-16H,5-12H2,(H,36,38,39);1-6,10,16,18-20H,7-9,11-15H2,(H,33,35,36);1-8,17,19-21H,9-16H2,(H,32,34,35);1-9,17-20H,10-16H2,(H,30,32,33). The Morgan fingerprint density at radius 3 is 0.832 bits per heavy atom. The van der Waals surface area contributed by atoms with Gasteiger partial charge in [-0.25, -0.2) is 88.2 Å². The maximum Gasteiger partial charge on any atom is 0.256 e. The van der Waals surface area contributed by atoms with Gasteiger partial charge in [-0.3, -0.25) is 19.2 Å². The normalized spacial score (nSPS) is 26.3. The van der Waals surface area contributed by atoms with Crippen molar-refractivity contribution in [3.05, 3.63) is 307 Å². The van der Waals surface area contributed by atoms with Crippen LogP contribution in [-0.2, 0) is 59.3 Å². The molecule has 16 nitrogen and oxygen atoms in total. The van der Waals surface area contributed by atoms with E-state index in [-0.39, 0.29) is 69.1 Å². The van der Waals surface area contributed by atoms with E-state index >= 15 is 0 Å². The lowest BCUT2D eigenvalue weighted by Crippen LogP contribution is -2.47. The molecule has 0 saturated heterocycles. The fraction of sp³-hybridized carbons (Fsp3) is 0.409. The first kappa shape index (κ1) is 97.0. The zero-order valence-corrected chi connectivity index (χ0v) is 81.2. The van der Waals surface area contributed by atoms with E-state index in [2.05, 4.69) is 63.8 Å². The molecule has 0 atom stereocenters. The third-order valence-electron chi connectivity index (χ3n) is 33.1. The van der Waals surface area contributed by atoms with Gasteiger partial charge in [0.2, 0.25) is 23.5 Å². The van der Waals surface area contributed by atoms with Gasteiger partial charge in [0.15, 0.2) is 58.2 Å². The van der Waals surface area contributed by atoms with E-state index in [1.54, 1.807) is 79.3 Å². The molecular weight excluding hydrogens is 1950 g/mol. The van der Waals surface area contributed by atoms with Crippen molar-refractivity contribution in [2.24, 2.45) is 92.7 Å². The number of carbonyl (C=O) groups excluding carboxylic acids is 4. The summed E-state index contributed by atoms with van der Waals surface area (Å²) in [4.78, 5) is 89.5. The lowest BCUT2D eigenvalue weighted by Gasteiger charge is -2.57. The van der Waals surface area contributed by atoms with Crippen molar-refractivity contribution < 1.29 is 67.5 Å². The first-order valence-corrected chi connectivity index (χ1v) is 51.4. The second-order valence-corrected chi connectivity index (χ2v) is 45.3. The van der Waals surface area contributed by atoms with Gasteiger partial charge in [-0.05, 0) is 440 Å². The molecule has 0 spiro atoms. The summed E-state index contributed by atoms with van der Waals surface area (Å²) in [5.41, 5.74) is 9.93. The van der Waals surface area contributed by atoms with Crippen molar-refractivity contribution >= 4 is 69.5 Å². The number of halogens is 12. The van der Waals surface area contributed by atoms with Crippen LogP contribution in [-0.4, -0.2) is 63.5 Å². The Balaban J connectivity index is 0.000000113. The number of nitrogens with zero attached hydrogens (tertiary/aromatic N) is 8. The molecule has 4 N–H and O–H groups in total. The van der Waals surface area contributed by atoms with Crippen LogP contribution in [0.4, 0.5) is 71.6 Å². The van der Waals surface area contributed by atoms with Gasteiger partial charge in [0.05, 0.1) is 89.6 Å². The summed E-state index contributed by atoms with van der Waals surface area (Å²) in [5.74, 6) is -4.48. The molecule has 16 saturated carbocycles. The molecule has 0 unspecified atom stereocenters. The molecule has 28 heteroatoms. The Morgan fingerprint density at radius 2 is 0.545 bits per heavy atom. The SMILES string of the molecule is O=C(Cc1c(F)c(F)c(F)c(F)c1F)Nc1ncc(-c2ccc(F)cc2)nc1CC12CC3CC(CC(C3)C1)C2.O=C(Cc1ccc(F)c(F)c1)Nc1ncc(-c2ccc(F)cc2)nc1CC12CC3CC(CC(C3)C1)C2.O=C(Cc1ccc(I)cc1)Nc1ncc(-c2ccc(F)cc2)nc1CC12CC3CC(CC(C3)C1)C2.O=C(Nc1ncc(-c2ccc(F)cc2)nc1CC12CC3CC(CC(C3)C1)C2)c1ccccc1. The molecule has 0 aliphatic heterocycles. The Labute approximate surface area is 836 Å². The first-order chi connectivity index (χ1) is 68.9. The van der Waals surface area contributed by atoms with Crippen LogP contribution in [0.3, 0.4) is 0 Å². The zero-order valence-electron chi connectivity index (χ0n) is 79.1. The highest BCUT2D eigenvalue weighted by molar-refractivity contribution is 14.1. The van der Waals surface area contributed by atoms with E-state index in [1.807, 2.05) is 42.5 Å². The zero-order chi connectivity index (χ0) is 98.7. The number of hydrogen-bond donors (Lipinski definition) is 4. The highest BCUT2D eigenvalue weighted by Crippen LogP contribution is 2.66. The van der Waals surface area contributed by atoms with E-state index in [9.17, 15) is 67.5 Å². The van der Waals surface area contributed by atoms with Gasteiger partial charge < -0.3 is 21.3 Å². The predicted octanol–water partition coefficient (Wildman–Crippen LogP) is 26.5. The van der Waals surface area contributed by atoms with Crippen LogP contribution in [0, 0.1) is 160 Å². The number of anilines is 4. The average Bonchev–Trinajstić information content (AvgIpc) is 0.753. The number of hydrogen-bond acceptors (Lipinski definition) is 12. The third-order valence-corrected chi connectivity index (χ3v) is 33.8. The molecule has 16 aliphatic carbocycles. The topological polar surface area (TPSA) is 220 Å². The molecule has 143 heavy (non-hydrogen) atoms. The van der Waals surface area contributed by atoms with Gasteiger partial charge in [-0.1, -0.05) is 36.4 Å². The van der Waals surface area contributed by atoms with Crippen molar-refractivity contribution in [1.82, 2.24) is 39.9 Å². The molecule has 16 bridgehead atoms.